The first-order valence-corrected chi connectivity index (χ1v) is 8.95. The monoisotopic (exact) mass is 346 g/mol. The van der Waals surface area contributed by atoms with E-state index in [9.17, 15) is 4.79 Å². The number of hydrogen-bond acceptors (Lipinski definition) is 3. The molecule has 1 heterocycles. The Hall–Kier alpha value is -2.85. The van der Waals surface area contributed by atoms with Crippen molar-refractivity contribution < 1.29 is 4.42 Å². The van der Waals surface area contributed by atoms with Crippen LogP contribution >= 0.6 is 0 Å². The lowest BCUT2D eigenvalue weighted by Crippen LogP contribution is -2.22. The van der Waals surface area contributed by atoms with Crippen LogP contribution in [-0.4, -0.2) is 23.1 Å². The van der Waals surface area contributed by atoms with Gasteiger partial charge in [0.05, 0.1) is 5.52 Å². The smallest absolute Gasteiger partial charge is 0.408 e. The molecular formula is C22H22N2O2. The van der Waals surface area contributed by atoms with E-state index >= 15 is 0 Å². The number of aryl methyl sites for hydroxylation is 1. The van der Waals surface area contributed by atoms with Gasteiger partial charge in [0.25, 0.3) is 0 Å². The summed E-state index contributed by atoms with van der Waals surface area (Å²) in [7, 11) is 2.12. The maximum absolute atomic E-state index is 12.0. The summed E-state index contributed by atoms with van der Waals surface area (Å²) in [6.07, 6.45) is 0.896. The Labute approximate surface area is 152 Å². The first kappa shape index (κ1) is 16.6. The van der Waals surface area contributed by atoms with Gasteiger partial charge in [-0.15, -0.1) is 0 Å². The highest BCUT2D eigenvalue weighted by Crippen LogP contribution is 2.17. The van der Waals surface area contributed by atoms with Gasteiger partial charge in [0.2, 0.25) is 0 Å². The standard InChI is InChI=1S/C22H22N2O2/c1-23(16-17-11-12-18-7-2-3-8-19(18)15-17)13-6-14-24-20-9-4-5-10-21(20)26-22(24)25/h2-5,7-12,15H,6,13-14,16H2,1H3. The third-order valence-electron chi connectivity index (χ3n) is 4.76. The molecule has 1 aromatic heterocycles. The van der Waals surface area contributed by atoms with Crippen molar-refractivity contribution in [3.8, 4) is 0 Å². The zero-order valence-electron chi connectivity index (χ0n) is 14.9. The number of para-hydroxylation sites is 2. The number of oxazole rings is 1. The molecule has 0 fully saturated rings. The fourth-order valence-corrected chi connectivity index (χ4v) is 3.45. The van der Waals surface area contributed by atoms with Crippen LogP contribution in [-0.2, 0) is 13.1 Å². The van der Waals surface area contributed by atoms with Crippen molar-refractivity contribution in [2.75, 3.05) is 13.6 Å². The molecule has 0 amide bonds. The van der Waals surface area contributed by atoms with Crippen LogP contribution in [0.2, 0.25) is 0 Å². The van der Waals surface area contributed by atoms with Gasteiger partial charge in [-0.1, -0.05) is 48.5 Å². The average molecular weight is 346 g/mol. The summed E-state index contributed by atoms with van der Waals surface area (Å²) in [5, 5.41) is 2.54. The first-order chi connectivity index (χ1) is 12.7. The predicted octanol–water partition coefficient (Wildman–Crippen LogP) is 4.27. The van der Waals surface area contributed by atoms with Crippen LogP contribution in [0, 0.1) is 0 Å². The Kier molecular flexibility index (Phi) is 4.59. The lowest BCUT2D eigenvalue weighted by Gasteiger charge is -2.17. The van der Waals surface area contributed by atoms with Crippen molar-refractivity contribution in [2.45, 2.75) is 19.5 Å². The van der Waals surface area contributed by atoms with Gasteiger partial charge in [-0.2, -0.15) is 0 Å². The molecule has 4 rings (SSSR count). The van der Waals surface area contributed by atoms with Crippen molar-refractivity contribution in [3.63, 3.8) is 0 Å². The molecular weight excluding hydrogens is 324 g/mol. The molecule has 26 heavy (non-hydrogen) atoms. The van der Waals surface area contributed by atoms with E-state index < -0.39 is 0 Å². The molecule has 3 aromatic carbocycles. The molecule has 0 atom stereocenters. The molecule has 4 nitrogen and oxygen atoms in total. The molecule has 0 aliphatic heterocycles. The van der Waals surface area contributed by atoms with Crippen molar-refractivity contribution in [2.24, 2.45) is 0 Å². The van der Waals surface area contributed by atoms with Crippen LogP contribution in [0.3, 0.4) is 0 Å². The van der Waals surface area contributed by atoms with Gasteiger partial charge in [-0.25, -0.2) is 4.79 Å². The number of aromatic nitrogens is 1. The van der Waals surface area contributed by atoms with Gasteiger partial charge in [-0.05, 0) is 54.5 Å². The van der Waals surface area contributed by atoms with Crippen LogP contribution in [0.15, 0.2) is 75.9 Å². The highest BCUT2D eigenvalue weighted by atomic mass is 16.4. The second-order valence-corrected chi connectivity index (χ2v) is 6.76. The second-order valence-electron chi connectivity index (χ2n) is 6.76. The molecule has 0 spiro atoms. The number of nitrogens with zero attached hydrogens (tertiary/aromatic N) is 2. The minimum atomic E-state index is -0.275. The molecule has 4 heteroatoms. The van der Waals surface area contributed by atoms with E-state index in [4.69, 9.17) is 4.42 Å². The van der Waals surface area contributed by atoms with E-state index in [1.165, 1.54) is 16.3 Å². The zero-order chi connectivity index (χ0) is 17.9. The molecule has 0 saturated carbocycles. The Morgan fingerprint density at radius 1 is 0.962 bits per heavy atom. The van der Waals surface area contributed by atoms with Crippen molar-refractivity contribution in [1.82, 2.24) is 9.47 Å². The molecule has 0 radical (unpaired) electrons. The predicted molar refractivity (Wildman–Crippen MR) is 105 cm³/mol. The third-order valence-corrected chi connectivity index (χ3v) is 4.76. The molecule has 0 bridgehead atoms. The molecule has 0 saturated heterocycles. The molecule has 0 unspecified atom stereocenters. The fourth-order valence-electron chi connectivity index (χ4n) is 3.45. The van der Waals surface area contributed by atoms with Crippen LogP contribution in [0.4, 0.5) is 0 Å². The Morgan fingerprint density at radius 2 is 1.73 bits per heavy atom. The normalized spacial score (nSPS) is 11.6. The number of hydrogen-bond donors (Lipinski definition) is 0. The van der Waals surface area contributed by atoms with Crippen LogP contribution in [0.1, 0.15) is 12.0 Å². The third kappa shape index (κ3) is 3.41. The molecule has 0 N–H and O–H groups in total. The summed E-state index contributed by atoms with van der Waals surface area (Å²) < 4.78 is 7.01. The zero-order valence-corrected chi connectivity index (χ0v) is 14.9. The van der Waals surface area contributed by atoms with Gasteiger partial charge in [0.15, 0.2) is 5.58 Å². The Bertz CT molecular complexity index is 1090. The average Bonchev–Trinajstić information content (AvgIpc) is 2.97. The molecule has 0 aliphatic rings. The quantitative estimate of drug-likeness (QED) is 0.523. The number of fused-ring (bicyclic) bond motifs is 2. The number of rotatable bonds is 6. The first-order valence-electron chi connectivity index (χ1n) is 8.95. The van der Waals surface area contributed by atoms with Crippen molar-refractivity contribution >= 4 is 21.9 Å². The summed E-state index contributed by atoms with van der Waals surface area (Å²) >= 11 is 0. The van der Waals surface area contributed by atoms with Gasteiger partial charge in [0, 0.05) is 13.1 Å². The number of benzene rings is 3. The largest absolute Gasteiger partial charge is 0.419 e. The van der Waals surface area contributed by atoms with Crippen LogP contribution < -0.4 is 5.76 Å². The van der Waals surface area contributed by atoms with E-state index in [2.05, 4.69) is 54.4 Å². The summed E-state index contributed by atoms with van der Waals surface area (Å²) in [6, 6.07) is 22.6. The van der Waals surface area contributed by atoms with Gasteiger partial charge in [0.1, 0.15) is 0 Å². The minimum absolute atomic E-state index is 0.275. The van der Waals surface area contributed by atoms with E-state index in [0.29, 0.717) is 12.1 Å². The Morgan fingerprint density at radius 3 is 2.62 bits per heavy atom. The highest BCUT2D eigenvalue weighted by molar-refractivity contribution is 5.83. The molecule has 4 aromatic rings. The van der Waals surface area contributed by atoms with Crippen LogP contribution in [0.25, 0.3) is 21.9 Å². The maximum Gasteiger partial charge on any atom is 0.419 e. The fraction of sp³-hybridized carbons (Fsp3) is 0.227. The molecule has 132 valence electrons. The van der Waals surface area contributed by atoms with Gasteiger partial charge >= 0.3 is 5.76 Å². The lowest BCUT2D eigenvalue weighted by molar-refractivity contribution is 0.312. The topological polar surface area (TPSA) is 38.4 Å². The summed E-state index contributed by atoms with van der Waals surface area (Å²) in [5.41, 5.74) is 2.83. The summed E-state index contributed by atoms with van der Waals surface area (Å²) in [6.45, 7) is 2.47. The van der Waals surface area contributed by atoms with Crippen molar-refractivity contribution in [1.29, 1.82) is 0 Å². The van der Waals surface area contributed by atoms with Crippen LogP contribution in [0.5, 0.6) is 0 Å². The lowest BCUT2D eigenvalue weighted by atomic mass is 10.1. The summed E-state index contributed by atoms with van der Waals surface area (Å²) in [4.78, 5) is 14.3. The van der Waals surface area contributed by atoms with E-state index in [0.717, 1.165) is 25.0 Å². The highest BCUT2D eigenvalue weighted by Gasteiger charge is 2.08. The maximum atomic E-state index is 12.0. The SMILES string of the molecule is CN(CCCn1c(=O)oc2ccccc21)Cc1ccc2ccccc2c1. The summed E-state index contributed by atoms with van der Waals surface area (Å²) in [5.74, 6) is -0.275. The van der Waals surface area contributed by atoms with Crippen molar-refractivity contribution in [3.05, 3.63) is 82.8 Å². The van der Waals surface area contributed by atoms with E-state index in [1.54, 1.807) is 4.57 Å². The Balaban J connectivity index is 1.38. The van der Waals surface area contributed by atoms with Gasteiger partial charge in [-0.3, -0.25) is 4.57 Å². The van der Waals surface area contributed by atoms with Gasteiger partial charge < -0.3 is 9.32 Å². The minimum Gasteiger partial charge on any atom is -0.408 e. The second kappa shape index (κ2) is 7.18. The van der Waals surface area contributed by atoms with E-state index in [1.807, 2.05) is 24.3 Å². The van der Waals surface area contributed by atoms with E-state index in [-0.39, 0.29) is 5.76 Å². The molecule has 0 aliphatic carbocycles.